The number of ether oxygens (including phenoxy) is 1. The predicted octanol–water partition coefficient (Wildman–Crippen LogP) is 3.42. The van der Waals surface area contributed by atoms with Gasteiger partial charge in [0.15, 0.2) is 11.6 Å². The van der Waals surface area contributed by atoms with Gasteiger partial charge in [0.2, 0.25) is 0 Å². The largest absolute Gasteiger partial charge is 0.433 e. The quantitative estimate of drug-likeness (QED) is 0.466. The molecule has 38 heavy (non-hydrogen) atoms. The van der Waals surface area contributed by atoms with Gasteiger partial charge in [0, 0.05) is 24.2 Å². The lowest BCUT2D eigenvalue weighted by Gasteiger charge is -2.28. The van der Waals surface area contributed by atoms with Crippen LogP contribution < -0.4 is 15.8 Å². The van der Waals surface area contributed by atoms with Gasteiger partial charge < -0.3 is 25.6 Å². The molecule has 10 heteroatoms. The van der Waals surface area contributed by atoms with Crippen LogP contribution in [0.25, 0.3) is 11.3 Å². The number of aromatic nitrogens is 4. The van der Waals surface area contributed by atoms with Gasteiger partial charge in [-0.1, -0.05) is 0 Å². The number of nitrogens with two attached hydrogens (primary N) is 1. The van der Waals surface area contributed by atoms with E-state index in [4.69, 9.17) is 10.5 Å². The molecule has 3 N–H and O–H groups in total. The molecule has 0 radical (unpaired) electrons. The first-order valence-corrected chi connectivity index (χ1v) is 13.5. The minimum Gasteiger partial charge on any atom is -0.433 e. The van der Waals surface area contributed by atoms with Gasteiger partial charge in [0.25, 0.3) is 11.8 Å². The molecule has 2 aliphatic heterocycles. The van der Waals surface area contributed by atoms with Gasteiger partial charge in [-0.15, -0.1) is 0 Å². The topological polar surface area (TPSA) is 114 Å². The van der Waals surface area contributed by atoms with Crippen molar-refractivity contribution in [2.75, 3.05) is 52.0 Å². The number of nitrogens with zero attached hydrogens (tertiary/aromatic N) is 6. The molecule has 2 saturated heterocycles. The molecule has 1 amide bonds. The summed E-state index contributed by atoms with van der Waals surface area (Å²) in [5.41, 5.74) is 10.1. The highest BCUT2D eigenvalue weighted by Gasteiger charge is 2.20. The summed E-state index contributed by atoms with van der Waals surface area (Å²) >= 11 is 0. The summed E-state index contributed by atoms with van der Waals surface area (Å²) in [6, 6.07) is 4.29. The molecule has 202 valence electrons. The number of amides is 1. The number of aryl methyl sites for hydroxylation is 2. The predicted molar refractivity (Wildman–Crippen MR) is 147 cm³/mol. The average molecular weight is 519 g/mol. The van der Waals surface area contributed by atoms with Crippen molar-refractivity contribution in [1.82, 2.24) is 34.9 Å². The summed E-state index contributed by atoms with van der Waals surface area (Å²) in [5, 5.41) is 7.59. The van der Waals surface area contributed by atoms with Gasteiger partial charge in [-0.05, 0) is 96.0 Å². The van der Waals surface area contributed by atoms with E-state index in [1.165, 1.54) is 12.8 Å². The minimum absolute atomic E-state index is 0.0419. The van der Waals surface area contributed by atoms with E-state index in [1.54, 1.807) is 12.4 Å². The van der Waals surface area contributed by atoms with Crippen molar-refractivity contribution in [2.45, 2.75) is 45.6 Å². The number of nitrogen functional groups attached to an aromatic ring is 1. The number of rotatable bonds is 8. The Morgan fingerprint density at radius 3 is 2.53 bits per heavy atom. The number of carbonyl (C=O) groups is 1. The van der Waals surface area contributed by atoms with Crippen molar-refractivity contribution in [1.29, 1.82) is 0 Å². The van der Waals surface area contributed by atoms with E-state index in [-0.39, 0.29) is 17.6 Å². The summed E-state index contributed by atoms with van der Waals surface area (Å²) in [5.74, 6) is 0.989. The molecule has 2 aromatic heterocycles. The van der Waals surface area contributed by atoms with E-state index < -0.39 is 0 Å². The number of likely N-dealkylation sites (tertiary alicyclic amines) is 2. The first kappa shape index (κ1) is 26.1. The Labute approximate surface area is 224 Å². The SMILES string of the molecule is Cc1cc(-c2cnc(N)c(Oc3cnn(C4CCN(C)CC4)c3)n2)cc(C)c1C(=O)NCCN1CCCC1. The van der Waals surface area contributed by atoms with Crippen LogP contribution in [0.3, 0.4) is 0 Å². The molecule has 2 fully saturated rings. The molecule has 0 atom stereocenters. The average Bonchev–Trinajstić information content (AvgIpc) is 3.58. The Hall–Kier alpha value is -3.50. The van der Waals surface area contributed by atoms with Gasteiger partial charge in [-0.3, -0.25) is 9.48 Å². The van der Waals surface area contributed by atoms with Crippen LogP contribution >= 0.6 is 0 Å². The van der Waals surface area contributed by atoms with E-state index in [0.717, 1.165) is 62.3 Å². The van der Waals surface area contributed by atoms with Gasteiger partial charge in [-0.25, -0.2) is 9.97 Å². The number of hydrogen-bond donors (Lipinski definition) is 2. The number of nitrogens with one attached hydrogen (secondary N) is 1. The highest BCUT2D eigenvalue weighted by molar-refractivity contribution is 5.97. The fraction of sp³-hybridized carbons (Fsp3) is 0.500. The highest BCUT2D eigenvalue weighted by atomic mass is 16.5. The molecule has 0 bridgehead atoms. The third-order valence-electron chi connectivity index (χ3n) is 7.59. The van der Waals surface area contributed by atoms with Crippen LogP contribution in [0.2, 0.25) is 0 Å². The monoisotopic (exact) mass is 518 g/mol. The maximum Gasteiger partial charge on any atom is 0.263 e. The third kappa shape index (κ3) is 5.97. The molecule has 4 heterocycles. The minimum atomic E-state index is -0.0419. The molecular weight excluding hydrogens is 480 g/mol. The van der Waals surface area contributed by atoms with Crippen molar-refractivity contribution in [2.24, 2.45) is 0 Å². The number of carbonyl (C=O) groups excluding carboxylic acids is 1. The molecule has 0 unspecified atom stereocenters. The lowest BCUT2D eigenvalue weighted by atomic mass is 9.97. The second kappa shape index (κ2) is 11.5. The first-order chi connectivity index (χ1) is 18.4. The summed E-state index contributed by atoms with van der Waals surface area (Å²) in [6.07, 6.45) is 9.83. The number of hydrogen-bond acceptors (Lipinski definition) is 8. The zero-order valence-corrected chi connectivity index (χ0v) is 22.6. The van der Waals surface area contributed by atoms with Gasteiger partial charge in [0.1, 0.15) is 0 Å². The van der Waals surface area contributed by atoms with E-state index in [2.05, 4.69) is 37.2 Å². The van der Waals surface area contributed by atoms with Crippen LogP contribution in [0.1, 0.15) is 53.2 Å². The van der Waals surface area contributed by atoms with Crippen LogP contribution in [-0.2, 0) is 0 Å². The Kier molecular flexibility index (Phi) is 7.90. The summed E-state index contributed by atoms with van der Waals surface area (Å²) in [6.45, 7) is 9.80. The molecule has 3 aromatic rings. The number of anilines is 1. The van der Waals surface area contributed by atoms with Crippen LogP contribution in [0.4, 0.5) is 5.82 Å². The first-order valence-electron chi connectivity index (χ1n) is 13.5. The molecule has 2 aliphatic rings. The number of benzene rings is 1. The second-order valence-corrected chi connectivity index (χ2v) is 10.5. The zero-order chi connectivity index (χ0) is 26.6. The fourth-order valence-electron chi connectivity index (χ4n) is 5.43. The van der Waals surface area contributed by atoms with Gasteiger partial charge in [-0.2, -0.15) is 5.10 Å². The Morgan fingerprint density at radius 1 is 1.11 bits per heavy atom. The third-order valence-corrected chi connectivity index (χ3v) is 7.59. The molecule has 0 aliphatic carbocycles. The van der Waals surface area contributed by atoms with E-state index in [0.29, 0.717) is 29.6 Å². The van der Waals surface area contributed by atoms with Crippen LogP contribution in [0.15, 0.2) is 30.7 Å². The van der Waals surface area contributed by atoms with Crippen LogP contribution in [0, 0.1) is 13.8 Å². The zero-order valence-electron chi connectivity index (χ0n) is 22.6. The summed E-state index contributed by atoms with van der Waals surface area (Å²) < 4.78 is 7.98. The Bertz CT molecular complexity index is 1250. The van der Waals surface area contributed by atoms with Gasteiger partial charge >= 0.3 is 0 Å². The van der Waals surface area contributed by atoms with Crippen molar-refractivity contribution in [3.63, 3.8) is 0 Å². The second-order valence-electron chi connectivity index (χ2n) is 10.5. The molecule has 1 aromatic carbocycles. The fourth-order valence-corrected chi connectivity index (χ4v) is 5.43. The van der Waals surface area contributed by atoms with Crippen molar-refractivity contribution in [3.05, 3.63) is 47.4 Å². The normalized spacial score (nSPS) is 17.1. The molecule has 0 saturated carbocycles. The maximum absolute atomic E-state index is 12.9. The molecule has 0 spiro atoms. The standard InChI is InChI=1S/C28H38N8O2/c1-19-14-21(15-20(2)25(19)27(37)30-8-13-35-9-4-5-10-35)24-17-31-26(29)28(33-24)38-23-16-32-36(18-23)22-6-11-34(3)12-7-22/h14-18,22H,4-13H2,1-3H3,(H2,29,31)(H,30,37). The van der Waals surface area contributed by atoms with Crippen molar-refractivity contribution < 1.29 is 9.53 Å². The lowest BCUT2D eigenvalue weighted by Crippen LogP contribution is -2.34. The molecule has 5 rings (SSSR count). The summed E-state index contributed by atoms with van der Waals surface area (Å²) in [7, 11) is 2.14. The lowest BCUT2D eigenvalue weighted by molar-refractivity contribution is 0.0948. The highest BCUT2D eigenvalue weighted by Crippen LogP contribution is 2.30. The van der Waals surface area contributed by atoms with E-state index >= 15 is 0 Å². The maximum atomic E-state index is 12.9. The van der Waals surface area contributed by atoms with Crippen LogP contribution in [-0.4, -0.2) is 81.8 Å². The summed E-state index contributed by atoms with van der Waals surface area (Å²) in [4.78, 5) is 26.6. The molecule has 10 nitrogen and oxygen atoms in total. The number of piperidine rings is 1. The van der Waals surface area contributed by atoms with Gasteiger partial charge in [0.05, 0.1) is 30.3 Å². The van der Waals surface area contributed by atoms with Crippen LogP contribution in [0.5, 0.6) is 11.6 Å². The van der Waals surface area contributed by atoms with Crippen molar-refractivity contribution >= 4 is 11.7 Å². The Morgan fingerprint density at radius 2 is 1.82 bits per heavy atom. The smallest absolute Gasteiger partial charge is 0.263 e. The Balaban J connectivity index is 1.28. The van der Waals surface area contributed by atoms with E-state index in [9.17, 15) is 4.79 Å². The molecular formula is C28H38N8O2. The van der Waals surface area contributed by atoms with Crippen molar-refractivity contribution in [3.8, 4) is 22.9 Å². The van der Waals surface area contributed by atoms with E-state index in [1.807, 2.05) is 36.9 Å².